The summed E-state index contributed by atoms with van der Waals surface area (Å²) >= 11 is 0. The van der Waals surface area contributed by atoms with Gasteiger partial charge in [-0.15, -0.1) is 0 Å². The third kappa shape index (κ3) is 5.21. The monoisotopic (exact) mass is 284 g/mol. The van der Waals surface area contributed by atoms with Crippen LogP contribution in [0.1, 0.15) is 5.56 Å². The zero-order valence-electron chi connectivity index (χ0n) is 10.5. The first kappa shape index (κ1) is 15.4. The van der Waals surface area contributed by atoms with Crippen molar-refractivity contribution in [1.29, 1.82) is 0 Å². The number of hydrogen-bond acceptors (Lipinski definition) is 4. The Hall–Kier alpha value is -1.70. The fraction of sp³-hybridized carbons (Fsp3) is 0.250. The molecule has 0 bridgehead atoms. The molecule has 0 saturated carbocycles. The molecule has 0 atom stereocenters. The van der Waals surface area contributed by atoms with Crippen molar-refractivity contribution in [3.8, 4) is 0 Å². The van der Waals surface area contributed by atoms with E-state index in [0.29, 0.717) is 12.1 Å². The molecule has 0 radical (unpaired) electrons. The molecule has 0 aliphatic rings. The minimum atomic E-state index is -4.03. The number of nitrogens with zero attached hydrogens (tertiary/aromatic N) is 2. The maximum Gasteiger partial charge on any atom is 0.294 e. The van der Waals surface area contributed by atoms with Gasteiger partial charge in [0.2, 0.25) is 0 Å². The summed E-state index contributed by atoms with van der Waals surface area (Å²) in [5.74, 6) is 0. The van der Waals surface area contributed by atoms with Gasteiger partial charge in [-0.2, -0.15) is 8.42 Å². The van der Waals surface area contributed by atoms with Crippen LogP contribution < -0.4 is 0 Å². The highest BCUT2D eigenvalue weighted by molar-refractivity contribution is 7.85. The third-order valence-corrected chi connectivity index (χ3v) is 3.30. The van der Waals surface area contributed by atoms with Gasteiger partial charge in [-0.1, -0.05) is 18.2 Å². The van der Waals surface area contributed by atoms with Crippen LogP contribution in [-0.2, 0) is 16.7 Å². The van der Waals surface area contributed by atoms with Gasteiger partial charge in [0.1, 0.15) is 0 Å². The van der Waals surface area contributed by atoms with E-state index < -0.39 is 10.1 Å². The van der Waals surface area contributed by atoms with E-state index in [1.807, 2.05) is 10.8 Å². The van der Waals surface area contributed by atoms with Gasteiger partial charge < -0.3 is 9.67 Å². The summed E-state index contributed by atoms with van der Waals surface area (Å²) in [6.45, 7) is 2.44. The van der Waals surface area contributed by atoms with Crippen molar-refractivity contribution in [2.45, 2.75) is 18.4 Å². The summed E-state index contributed by atoms with van der Waals surface area (Å²) in [4.78, 5) is 3.76. The molecule has 0 fully saturated rings. The molecule has 2 aromatic rings. The molecule has 0 aliphatic heterocycles. The number of aryl methyl sites for hydroxylation is 1. The van der Waals surface area contributed by atoms with Gasteiger partial charge >= 0.3 is 0 Å². The lowest BCUT2D eigenvalue weighted by molar-refractivity contribution is 0.276. The van der Waals surface area contributed by atoms with Crippen molar-refractivity contribution < 1.29 is 18.1 Å². The molecule has 0 saturated heterocycles. The van der Waals surface area contributed by atoms with Gasteiger partial charge in [0.25, 0.3) is 10.1 Å². The smallest absolute Gasteiger partial charge is 0.294 e. The van der Waals surface area contributed by atoms with E-state index >= 15 is 0 Å². The topological polar surface area (TPSA) is 92.4 Å². The molecular weight excluding hydrogens is 268 g/mol. The Kier molecular flexibility index (Phi) is 5.68. The predicted octanol–water partition coefficient (Wildman–Crippen LogP) is 1.12. The van der Waals surface area contributed by atoms with Crippen molar-refractivity contribution in [2.24, 2.45) is 0 Å². The molecule has 1 heterocycles. The van der Waals surface area contributed by atoms with Crippen LogP contribution in [-0.4, -0.2) is 34.2 Å². The highest BCUT2D eigenvalue weighted by atomic mass is 32.2. The Morgan fingerprint density at radius 2 is 2.00 bits per heavy atom. The van der Waals surface area contributed by atoms with E-state index in [1.165, 1.54) is 6.07 Å². The first-order valence-corrected chi connectivity index (χ1v) is 6.99. The number of imidazole rings is 1. The van der Waals surface area contributed by atoms with Crippen LogP contribution in [0.15, 0.2) is 47.9 Å². The van der Waals surface area contributed by atoms with Crippen molar-refractivity contribution in [1.82, 2.24) is 9.55 Å². The summed E-state index contributed by atoms with van der Waals surface area (Å²) in [6, 6.07) is 6.27. The lowest BCUT2D eigenvalue weighted by atomic mass is 10.2. The molecule has 0 spiro atoms. The summed E-state index contributed by atoms with van der Waals surface area (Å²) in [7, 11) is -4.03. The van der Waals surface area contributed by atoms with Crippen LogP contribution in [0.5, 0.6) is 0 Å². The van der Waals surface area contributed by atoms with Gasteiger partial charge in [0, 0.05) is 18.9 Å². The molecule has 1 aromatic heterocycles. The lowest BCUT2D eigenvalue weighted by Gasteiger charge is -1.99. The van der Waals surface area contributed by atoms with Gasteiger partial charge in [-0.25, -0.2) is 4.98 Å². The van der Waals surface area contributed by atoms with E-state index in [1.54, 1.807) is 37.6 Å². The van der Waals surface area contributed by atoms with E-state index in [9.17, 15) is 8.42 Å². The first-order chi connectivity index (χ1) is 8.95. The van der Waals surface area contributed by atoms with Crippen LogP contribution >= 0.6 is 0 Å². The summed E-state index contributed by atoms with van der Waals surface area (Å²) in [6.07, 6.45) is 5.18. The molecule has 1 aromatic carbocycles. The Morgan fingerprint density at radius 3 is 2.42 bits per heavy atom. The molecule has 2 rings (SSSR count). The maximum atomic E-state index is 10.6. The largest absolute Gasteiger partial charge is 0.395 e. The zero-order chi connectivity index (χ0) is 14.3. The van der Waals surface area contributed by atoms with E-state index in [-0.39, 0.29) is 11.5 Å². The minimum absolute atomic E-state index is 0.0278. The number of aliphatic hydroxyl groups is 1. The normalized spacial score (nSPS) is 10.7. The summed E-state index contributed by atoms with van der Waals surface area (Å²) in [5, 5.41) is 8.39. The number of hydrogen-bond donors (Lipinski definition) is 2. The van der Waals surface area contributed by atoms with Gasteiger partial charge in [-0.3, -0.25) is 4.55 Å². The minimum Gasteiger partial charge on any atom is -0.395 e. The summed E-state index contributed by atoms with van der Waals surface area (Å²) < 4.78 is 31.7. The highest BCUT2D eigenvalue weighted by Crippen LogP contribution is 2.12. The second-order valence-electron chi connectivity index (χ2n) is 3.76. The van der Waals surface area contributed by atoms with Gasteiger partial charge in [0.05, 0.1) is 17.8 Å². The number of aliphatic hydroxyl groups excluding tert-OH is 1. The molecule has 0 aliphatic carbocycles. The molecule has 7 heteroatoms. The van der Waals surface area contributed by atoms with E-state index in [4.69, 9.17) is 9.66 Å². The molecular formula is C12H16N2O4S. The average molecular weight is 284 g/mol. The van der Waals surface area contributed by atoms with Gasteiger partial charge in [-0.05, 0) is 18.6 Å². The fourth-order valence-corrected chi connectivity index (χ4v) is 2.11. The zero-order valence-corrected chi connectivity index (χ0v) is 11.3. The SMILES string of the molecule is Cc1ccccc1S(=O)(=O)O.OCCn1ccnc1. The van der Waals surface area contributed by atoms with Crippen LogP contribution in [0.3, 0.4) is 0 Å². The van der Waals surface area contributed by atoms with Gasteiger partial charge in [0.15, 0.2) is 0 Å². The van der Waals surface area contributed by atoms with Crippen molar-refractivity contribution >= 4 is 10.1 Å². The fourth-order valence-electron chi connectivity index (χ4n) is 1.38. The Balaban J connectivity index is 0.000000200. The molecule has 19 heavy (non-hydrogen) atoms. The predicted molar refractivity (Wildman–Crippen MR) is 70.3 cm³/mol. The van der Waals surface area contributed by atoms with Crippen molar-refractivity contribution in [3.05, 3.63) is 48.5 Å². The highest BCUT2D eigenvalue weighted by Gasteiger charge is 2.10. The third-order valence-electron chi connectivity index (χ3n) is 2.29. The average Bonchev–Trinajstić information content (AvgIpc) is 2.82. The second-order valence-corrected chi connectivity index (χ2v) is 5.15. The maximum absolute atomic E-state index is 10.6. The number of benzene rings is 1. The van der Waals surface area contributed by atoms with E-state index in [2.05, 4.69) is 4.98 Å². The standard InChI is InChI=1S/C7H8O3S.C5H8N2O/c1-6-4-2-3-5-7(6)11(8,9)10;8-4-3-7-2-1-6-5-7/h2-5H,1H3,(H,8,9,10);1-2,5,8H,3-4H2. The lowest BCUT2D eigenvalue weighted by Crippen LogP contribution is -1.99. The molecule has 2 N–H and O–H groups in total. The summed E-state index contributed by atoms with van der Waals surface area (Å²) in [5.41, 5.74) is 0.551. The molecule has 104 valence electrons. The van der Waals surface area contributed by atoms with Crippen LogP contribution in [0.25, 0.3) is 0 Å². The molecule has 0 amide bonds. The molecule has 0 unspecified atom stereocenters. The van der Waals surface area contributed by atoms with Crippen molar-refractivity contribution in [2.75, 3.05) is 6.61 Å². The van der Waals surface area contributed by atoms with Crippen molar-refractivity contribution in [3.63, 3.8) is 0 Å². The number of aromatic nitrogens is 2. The van der Waals surface area contributed by atoms with E-state index in [0.717, 1.165) is 0 Å². The number of rotatable bonds is 3. The van der Waals surface area contributed by atoms with Crippen LogP contribution in [0, 0.1) is 6.92 Å². The quantitative estimate of drug-likeness (QED) is 0.824. The van der Waals surface area contributed by atoms with Crippen LogP contribution in [0.2, 0.25) is 0 Å². The Bertz CT molecular complexity index is 594. The Morgan fingerprint density at radius 1 is 1.32 bits per heavy atom. The Labute approximate surface area is 112 Å². The van der Waals surface area contributed by atoms with Crippen LogP contribution in [0.4, 0.5) is 0 Å². The first-order valence-electron chi connectivity index (χ1n) is 5.55. The second kappa shape index (κ2) is 7.03. The molecule has 6 nitrogen and oxygen atoms in total.